The maximum atomic E-state index is 10.3. The van der Waals surface area contributed by atoms with Gasteiger partial charge < -0.3 is 5.11 Å². The van der Waals surface area contributed by atoms with Crippen LogP contribution in [0, 0.1) is 20.8 Å². The van der Waals surface area contributed by atoms with Gasteiger partial charge in [-0.05, 0) is 50.3 Å². The lowest BCUT2D eigenvalue weighted by Gasteiger charge is -2.13. The molecule has 0 spiro atoms. The fraction of sp³-hybridized carbons (Fsp3) is 0.333. The minimum Gasteiger partial charge on any atom is -0.392 e. The Morgan fingerprint density at radius 3 is 2.37 bits per heavy atom. The van der Waals surface area contributed by atoms with Crippen molar-refractivity contribution < 1.29 is 5.11 Å². The predicted molar refractivity (Wildman–Crippen MR) is 80.5 cm³/mol. The zero-order valence-electron chi connectivity index (χ0n) is 12.0. The van der Waals surface area contributed by atoms with E-state index in [-0.39, 0.29) is 6.10 Å². The molecule has 100 valence electrons. The molecule has 0 heterocycles. The fourth-order valence-corrected chi connectivity index (χ4v) is 2.46. The van der Waals surface area contributed by atoms with E-state index >= 15 is 0 Å². The van der Waals surface area contributed by atoms with Crippen LogP contribution in [-0.2, 0) is 12.8 Å². The molecule has 0 aliphatic carbocycles. The molecule has 0 radical (unpaired) electrons. The van der Waals surface area contributed by atoms with Crippen molar-refractivity contribution in [1.29, 1.82) is 0 Å². The predicted octanol–water partition coefficient (Wildman–Crippen LogP) is 3.76. The van der Waals surface area contributed by atoms with Gasteiger partial charge in [-0.2, -0.15) is 0 Å². The summed E-state index contributed by atoms with van der Waals surface area (Å²) in [7, 11) is 0. The molecule has 0 bridgehead atoms. The molecule has 1 unspecified atom stereocenters. The molecule has 0 amide bonds. The Hall–Kier alpha value is -1.60. The second-order valence-corrected chi connectivity index (χ2v) is 5.48. The number of hydrogen-bond acceptors (Lipinski definition) is 1. The molecule has 0 aliphatic rings. The highest BCUT2D eigenvalue weighted by atomic mass is 16.3. The molecule has 19 heavy (non-hydrogen) atoms. The third-order valence-electron chi connectivity index (χ3n) is 3.51. The van der Waals surface area contributed by atoms with Crippen LogP contribution < -0.4 is 0 Å². The molecule has 0 saturated carbocycles. The summed E-state index contributed by atoms with van der Waals surface area (Å²) in [5.41, 5.74) is 6.21. The van der Waals surface area contributed by atoms with E-state index in [1.807, 2.05) is 0 Å². The van der Waals surface area contributed by atoms with Crippen LogP contribution >= 0.6 is 0 Å². The first-order chi connectivity index (χ1) is 9.04. The Balaban J connectivity index is 2.05. The number of aryl methyl sites for hydroxylation is 3. The molecule has 1 atom stereocenters. The Morgan fingerprint density at radius 2 is 1.63 bits per heavy atom. The van der Waals surface area contributed by atoms with E-state index in [2.05, 4.69) is 63.2 Å². The number of benzene rings is 2. The zero-order chi connectivity index (χ0) is 13.8. The summed E-state index contributed by atoms with van der Waals surface area (Å²) in [5.74, 6) is 0. The van der Waals surface area contributed by atoms with Gasteiger partial charge >= 0.3 is 0 Å². The van der Waals surface area contributed by atoms with Crippen LogP contribution in [0.1, 0.15) is 27.8 Å². The average Bonchev–Trinajstić information content (AvgIpc) is 2.34. The van der Waals surface area contributed by atoms with Crippen molar-refractivity contribution in [2.24, 2.45) is 0 Å². The number of hydrogen-bond donors (Lipinski definition) is 1. The molecular weight excluding hydrogens is 232 g/mol. The first-order valence-electron chi connectivity index (χ1n) is 6.84. The van der Waals surface area contributed by atoms with Gasteiger partial charge in [0.1, 0.15) is 0 Å². The van der Waals surface area contributed by atoms with E-state index in [1.54, 1.807) is 0 Å². The van der Waals surface area contributed by atoms with Crippen molar-refractivity contribution in [2.75, 3.05) is 0 Å². The second-order valence-electron chi connectivity index (χ2n) is 5.48. The molecule has 1 heteroatoms. The van der Waals surface area contributed by atoms with Crippen LogP contribution in [0.4, 0.5) is 0 Å². The zero-order valence-corrected chi connectivity index (χ0v) is 12.0. The third kappa shape index (κ3) is 3.93. The molecule has 0 aliphatic heterocycles. The lowest BCUT2D eigenvalue weighted by molar-refractivity contribution is 0.175. The highest BCUT2D eigenvalue weighted by molar-refractivity contribution is 5.31. The molecule has 0 saturated heterocycles. The summed E-state index contributed by atoms with van der Waals surface area (Å²) in [5, 5.41) is 10.3. The van der Waals surface area contributed by atoms with Crippen molar-refractivity contribution in [3.05, 3.63) is 70.3 Å². The minimum absolute atomic E-state index is 0.317. The van der Waals surface area contributed by atoms with Gasteiger partial charge in [0.25, 0.3) is 0 Å². The first-order valence-corrected chi connectivity index (χ1v) is 6.84. The van der Waals surface area contributed by atoms with E-state index in [1.165, 1.54) is 27.8 Å². The number of rotatable bonds is 4. The van der Waals surface area contributed by atoms with Gasteiger partial charge in [0.2, 0.25) is 0 Å². The van der Waals surface area contributed by atoms with Gasteiger partial charge in [-0.25, -0.2) is 0 Å². The Labute approximate surface area is 115 Å². The van der Waals surface area contributed by atoms with Crippen LogP contribution in [-0.4, -0.2) is 11.2 Å². The highest BCUT2D eigenvalue weighted by Gasteiger charge is 2.09. The van der Waals surface area contributed by atoms with Crippen LogP contribution in [0.2, 0.25) is 0 Å². The number of aliphatic hydroxyl groups is 1. The smallest absolute Gasteiger partial charge is 0.0620 e. The van der Waals surface area contributed by atoms with Crippen LogP contribution in [0.15, 0.2) is 42.5 Å². The Kier molecular flexibility index (Phi) is 4.39. The SMILES string of the molecule is Cc1cccc(CC(O)Cc2cc(C)ccc2C)c1. The maximum Gasteiger partial charge on any atom is 0.0620 e. The largest absolute Gasteiger partial charge is 0.392 e. The van der Waals surface area contributed by atoms with E-state index < -0.39 is 0 Å². The van der Waals surface area contributed by atoms with Gasteiger partial charge in [-0.3, -0.25) is 0 Å². The van der Waals surface area contributed by atoms with Gasteiger partial charge in [-0.15, -0.1) is 0 Å². The molecular formula is C18H22O. The molecule has 2 aromatic carbocycles. The summed E-state index contributed by atoms with van der Waals surface area (Å²) >= 11 is 0. The molecule has 0 aromatic heterocycles. The van der Waals surface area contributed by atoms with E-state index in [9.17, 15) is 5.11 Å². The lowest BCUT2D eigenvalue weighted by Crippen LogP contribution is -2.14. The van der Waals surface area contributed by atoms with Crippen molar-refractivity contribution in [3.63, 3.8) is 0 Å². The second kappa shape index (κ2) is 6.03. The normalized spacial score (nSPS) is 12.4. The van der Waals surface area contributed by atoms with Gasteiger partial charge in [0, 0.05) is 0 Å². The first kappa shape index (κ1) is 13.8. The van der Waals surface area contributed by atoms with Crippen LogP contribution in [0.3, 0.4) is 0 Å². The molecule has 2 rings (SSSR count). The molecule has 2 aromatic rings. The highest BCUT2D eigenvalue weighted by Crippen LogP contribution is 2.15. The Bertz CT molecular complexity index is 557. The summed E-state index contributed by atoms with van der Waals surface area (Å²) in [4.78, 5) is 0. The summed E-state index contributed by atoms with van der Waals surface area (Å²) < 4.78 is 0. The molecule has 1 nitrogen and oxygen atoms in total. The van der Waals surface area contributed by atoms with Crippen molar-refractivity contribution in [1.82, 2.24) is 0 Å². The fourth-order valence-electron chi connectivity index (χ4n) is 2.46. The standard InChI is InChI=1S/C18H22O/c1-13-5-4-6-16(9-13)11-18(19)12-17-10-14(2)7-8-15(17)3/h4-10,18-19H,11-12H2,1-3H3. The lowest BCUT2D eigenvalue weighted by atomic mass is 9.96. The van der Waals surface area contributed by atoms with Crippen molar-refractivity contribution >= 4 is 0 Å². The maximum absolute atomic E-state index is 10.3. The molecule has 0 fully saturated rings. The summed E-state index contributed by atoms with van der Waals surface area (Å²) in [6.07, 6.45) is 1.12. The number of aliphatic hydroxyl groups excluding tert-OH is 1. The Morgan fingerprint density at radius 1 is 0.895 bits per heavy atom. The van der Waals surface area contributed by atoms with Gasteiger partial charge in [0.15, 0.2) is 0 Å². The summed E-state index contributed by atoms with van der Waals surface area (Å²) in [6.45, 7) is 6.28. The monoisotopic (exact) mass is 254 g/mol. The van der Waals surface area contributed by atoms with E-state index in [0.29, 0.717) is 0 Å². The van der Waals surface area contributed by atoms with Crippen molar-refractivity contribution in [2.45, 2.75) is 39.7 Å². The van der Waals surface area contributed by atoms with Gasteiger partial charge in [0.05, 0.1) is 6.10 Å². The van der Waals surface area contributed by atoms with Crippen molar-refractivity contribution in [3.8, 4) is 0 Å². The quantitative estimate of drug-likeness (QED) is 0.881. The minimum atomic E-state index is -0.317. The summed E-state index contributed by atoms with van der Waals surface area (Å²) in [6, 6.07) is 14.8. The topological polar surface area (TPSA) is 20.2 Å². The van der Waals surface area contributed by atoms with E-state index in [4.69, 9.17) is 0 Å². The average molecular weight is 254 g/mol. The van der Waals surface area contributed by atoms with Gasteiger partial charge in [-0.1, -0.05) is 53.6 Å². The van der Waals surface area contributed by atoms with Crippen LogP contribution in [0.25, 0.3) is 0 Å². The van der Waals surface area contributed by atoms with Crippen LogP contribution in [0.5, 0.6) is 0 Å². The van der Waals surface area contributed by atoms with E-state index in [0.717, 1.165) is 12.8 Å². The molecule has 1 N–H and O–H groups in total. The third-order valence-corrected chi connectivity index (χ3v) is 3.51.